The van der Waals surface area contributed by atoms with Crippen LogP contribution in [0.25, 0.3) is 5.65 Å². The highest BCUT2D eigenvalue weighted by atomic mass is 16.2. The Kier molecular flexibility index (Phi) is 3.08. The molecule has 2 aromatic rings. The normalized spacial score (nSPS) is 36.8. The monoisotopic (exact) mass is 392 g/mol. The molecule has 2 aliphatic heterocycles. The van der Waals surface area contributed by atoms with Gasteiger partial charge in [0.25, 0.3) is 0 Å². The molecule has 3 fully saturated rings. The fourth-order valence-electron chi connectivity index (χ4n) is 7.09. The number of Topliss-reactive ketones (excluding diaryl/α,β-unsaturated/α-hetero) is 1. The van der Waals surface area contributed by atoms with E-state index in [1.165, 1.54) is 5.69 Å². The van der Waals surface area contributed by atoms with Crippen LogP contribution in [0.3, 0.4) is 0 Å². The summed E-state index contributed by atoms with van der Waals surface area (Å²) >= 11 is 0. The Bertz CT molecular complexity index is 1100. The third kappa shape index (κ3) is 1.80. The second kappa shape index (κ2) is 5.08. The van der Waals surface area contributed by atoms with Crippen molar-refractivity contribution >= 4 is 17.3 Å². The molecule has 4 bridgehead atoms. The van der Waals surface area contributed by atoms with Gasteiger partial charge in [-0.2, -0.15) is 5.10 Å². The van der Waals surface area contributed by atoms with Gasteiger partial charge in [-0.05, 0) is 38.0 Å². The van der Waals surface area contributed by atoms with Crippen molar-refractivity contribution in [3.8, 4) is 0 Å². The van der Waals surface area contributed by atoms with E-state index in [0.29, 0.717) is 6.42 Å². The number of ketones is 1. The maximum atomic E-state index is 14.2. The van der Waals surface area contributed by atoms with E-state index in [1.807, 2.05) is 23.7 Å². The van der Waals surface area contributed by atoms with Crippen LogP contribution in [0.4, 0.5) is 0 Å². The number of amides is 1. The average molecular weight is 393 g/mol. The van der Waals surface area contributed by atoms with E-state index < -0.39 is 5.41 Å². The number of rotatable bonds is 1. The molecule has 4 heterocycles. The molecule has 29 heavy (non-hydrogen) atoms. The Morgan fingerprint density at radius 2 is 2.00 bits per heavy atom. The van der Waals surface area contributed by atoms with Crippen LogP contribution >= 0.6 is 0 Å². The van der Waals surface area contributed by atoms with Crippen LogP contribution in [0.5, 0.6) is 0 Å². The lowest BCUT2D eigenvalue weighted by molar-refractivity contribution is -0.151. The molecule has 2 aromatic heterocycles. The summed E-state index contributed by atoms with van der Waals surface area (Å²) in [5.74, 6) is 0.495. The first-order valence-electron chi connectivity index (χ1n) is 10.9. The third-order valence-electron chi connectivity index (χ3n) is 9.38. The molecule has 0 aromatic carbocycles. The molecule has 1 saturated heterocycles. The number of carbonyl (C=O) groups is 2. The van der Waals surface area contributed by atoms with Gasteiger partial charge in [0.05, 0.1) is 22.8 Å². The molecule has 2 saturated carbocycles. The highest BCUT2D eigenvalue weighted by Crippen LogP contribution is 2.71. The second-order valence-electron chi connectivity index (χ2n) is 10.5. The van der Waals surface area contributed by atoms with Gasteiger partial charge in [-0.3, -0.25) is 9.59 Å². The topological polar surface area (TPSA) is 67.6 Å². The Hall–Kier alpha value is -2.24. The summed E-state index contributed by atoms with van der Waals surface area (Å²) in [6, 6.07) is 2.26. The van der Waals surface area contributed by atoms with Crippen molar-refractivity contribution in [3.05, 3.63) is 29.2 Å². The predicted molar refractivity (Wildman–Crippen MR) is 107 cm³/mol. The zero-order valence-corrected chi connectivity index (χ0v) is 17.7. The summed E-state index contributed by atoms with van der Waals surface area (Å²) in [7, 11) is 0. The van der Waals surface area contributed by atoms with Gasteiger partial charge in [-0.15, -0.1) is 0 Å². The van der Waals surface area contributed by atoms with E-state index in [4.69, 9.17) is 0 Å². The first-order chi connectivity index (χ1) is 13.7. The van der Waals surface area contributed by atoms with Gasteiger partial charge in [0.2, 0.25) is 5.91 Å². The number of carbonyl (C=O) groups excluding carboxylic acids is 2. The molecule has 0 radical (unpaired) electrons. The molecular formula is C23H28N4O2. The minimum atomic E-state index is -0.545. The lowest BCUT2D eigenvalue weighted by atomic mass is 9.64. The van der Waals surface area contributed by atoms with Crippen molar-refractivity contribution < 1.29 is 9.59 Å². The fourth-order valence-corrected chi connectivity index (χ4v) is 7.09. The molecule has 6 nitrogen and oxygen atoms in total. The molecule has 6 heteroatoms. The zero-order valence-electron chi connectivity index (χ0n) is 17.7. The SMILES string of the molecule is Cc1cc2ncc3c(n2n1)C[C@H]1CC[C@H]3N1C(=O)[C@@]12CC[C@@](C)(C(=O)C1)C2(C)C. The number of hydrogen-bond acceptors (Lipinski definition) is 4. The Labute approximate surface area is 170 Å². The van der Waals surface area contributed by atoms with Gasteiger partial charge < -0.3 is 4.90 Å². The first kappa shape index (κ1) is 17.6. The average Bonchev–Trinajstić information content (AvgIpc) is 3.30. The smallest absolute Gasteiger partial charge is 0.230 e. The quantitative estimate of drug-likeness (QED) is 0.746. The van der Waals surface area contributed by atoms with Crippen LogP contribution in [0.1, 0.15) is 75.9 Å². The summed E-state index contributed by atoms with van der Waals surface area (Å²) < 4.78 is 1.98. The lowest BCUT2D eigenvalue weighted by Gasteiger charge is -2.45. The molecule has 0 unspecified atom stereocenters. The van der Waals surface area contributed by atoms with Crippen LogP contribution in [0, 0.1) is 23.2 Å². The van der Waals surface area contributed by atoms with Crippen LogP contribution in [-0.2, 0) is 16.0 Å². The lowest BCUT2D eigenvalue weighted by Crippen LogP contribution is -2.52. The Morgan fingerprint density at radius 3 is 2.69 bits per heavy atom. The summed E-state index contributed by atoms with van der Waals surface area (Å²) in [6.45, 7) is 8.38. The molecule has 4 aliphatic rings. The van der Waals surface area contributed by atoms with Crippen LogP contribution in [0.2, 0.25) is 0 Å². The van der Waals surface area contributed by atoms with Gasteiger partial charge in [-0.1, -0.05) is 20.8 Å². The van der Waals surface area contributed by atoms with Crippen LogP contribution in [-0.4, -0.2) is 37.2 Å². The van der Waals surface area contributed by atoms with Gasteiger partial charge in [0.1, 0.15) is 5.78 Å². The molecule has 0 N–H and O–H groups in total. The second-order valence-corrected chi connectivity index (χ2v) is 10.5. The molecule has 152 valence electrons. The van der Waals surface area contributed by atoms with Crippen LogP contribution in [0.15, 0.2) is 12.3 Å². The number of fused-ring (bicyclic) bond motifs is 8. The molecule has 4 atom stereocenters. The van der Waals surface area contributed by atoms with Crippen molar-refractivity contribution in [1.82, 2.24) is 19.5 Å². The van der Waals surface area contributed by atoms with E-state index in [0.717, 1.165) is 49.0 Å². The minimum absolute atomic E-state index is 0.0605. The standard InChI is InChI=1S/C23H28N4O2/c1-13-9-19-24-12-15-16-6-5-14(10-17(15)27(19)25-13)26(16)20(29)23-8-7-22(4,18(28)11-23)21(23,2)3/h9,12,14,16H,5-8,10-11H2,1-4H3/t14-,16-,22+,23-/m1/s1. The largest absolute Gasteiger partial charge is 0.332 e. The van der Waals surface area contributed by atoms with Crippen molar-refractivity contribution in [2.24, 2.45) is 16.2 Å². The van der Waals surface area contributed by atoms with Crippen molar-refractivity contribution in [2.75, 3.05) is 0 Å². The van der Waals surface area contributed by atoms with Crippen molar-refractivity contribution in [1.29, 1.82) is 0 Å². The van der Waals surface area contributed by atoms with E-state index in [2.05, 4.69) is 35.8 Å². The Morgan fingerprint density at radius 1 is 1.21 bits per heavy atom. The molecule has 0 spiro atoms. The van der Waals surface area contributed by atoms with Gasteiger partial charge in [-0.25, -0.2) is 9.50 Å². The maximum Gasteiger partial charge on any atom is 0.230 e. The van der Waals surface area contributed by atoms with Crippen LogP contribution < -0.4 is 0 Å². The number of aryl methyl sites for hydroxylation is 1. The third-order valence-corrected chi connectivity index (χ3v) is 9.38. The summed E-state index contributed by atoms with van der Waals surface area (Å²) in [5.41, 5.74) is 2.99. The number of aromatic nitrogens is 3. The molecule has 6 rings (SSSR count). The molecule has 2 aliphatic carbocycles. The number of hydrogen-bond donors (Lipinski definition) is 0. The Balaban J connectivity index is 1.45. The van der Waals surface area contributed by atoms with E-state index in [-0.39, 0.29) is 34.6 Å². The molecule has 1 amide bonds. The zero-order chi connectivity index (χ0) is 20.3. The molecular weight excluding hydrogens is 364 g/mol. The summed E-state index contributed by atoms with van der Waals surface area (Å²) in [6.07, 6.45) is 6.83. The van der Waals surface area contributed by atoms with Crippen molar-refractivity contribution in [2.45, 2.75) is 78.3 Å². The van der Waals surface area contributed by atoms with E-state index >= 15 is 0 Å². The van der Waals surface area contributed by atoms with Gasteiger partial charge >= 0.3 is 0 Å². The highest BCUT2D eigenvalue weighted by Gasteiger charge is 2.73. The van der Waals surface area contributed by atoms with E-state index in [9.17, 15) is 9.59 Å². The number of nitrogens with zero attached hydrogens (tertiary/aromatic N) is 4. The minimum Gasteiger partial charge on any atom is -0.332 e. The maximum absolute atomic E-state index is 14.2. The first-order valence-corrected chi connectivity index (χ1v) is 10.9. The fraction of sp³-hybridized carbons (Fsp3) is 0.652. The van der Waals surface area contributed by atoms with Gasteiger partial charge in [0, 0.05) is 42.1 Å². The predicted octanol–water partition coefficient (Wildman–Crippen LogP) is 3.41. The highest BCUT2D eigenvalue weighted by molar-refractivity contribution is 6.00. The summed E-state index contributed by atoms with van der Waals surface area (Å²) in [5, 5.41) is 4.66. The van der Waals surface area contributed by atoms with Crippen molar-refractivity contribution in [3.63, 3.8) is 0 Å². The van der Waals surface area contributed by atoms with Gasteiger partial charge in [0.15, 0.2) is 5.65 Å². The summed E-state index contributed by atoms with van der Waals surface area (Å²) in [4.78, 5) is 33.8. The van der Waals surface area contributed by atoms with E-state index in [1.54, 1.807) is 0 Å².